The fourth-order valence-electron chi connectivity index (χ4n) is 5.48. The van der Waals surface area contributed by atoms with E-state index in [1.165, 1.54) is 6.42 Å². The third kappa shape index (κ3) is 4.56. The van der Waals surface area contributed by atoms with Gasteiger partial charge in [-0.15, -0.1) is 0 Å². The maximum absolute atomic E-state index is 13.5. The summed E-state index contributed by atoms with van der Waals surface area (Å²) in [5, 5.41) is 3.15. The number of amides is 2. The molecule has 1 aliphatic heterocycles. The highest BCUT2D eigenvalue weighted by molar-refractivity contribution is 5.98. The molecule has 5 rings (SSSR count). The van der Waals surface area contributed by atoms with Crippen molar-refractivity contribution < 1.29 is 9.59 Å². The zero-order chi connectivity index (χ0) is 22.6. The second-order valence-electron chi connectivity index (χ2n) is 9.16. The van der Waals surface area contributed by atoms with E-state index in [2.05, 4.69) is 16.4 Å². The van der Waals surface area contributed by atoms with E-state index in [9.17, 15) is 9.59 Å². The van der Waals surface area contributed by atoms with Crippen molar-refractivity contribution in [2.75, 3.05) is 0 Å². The van der Waals surface area contributed by atoms with Crippen molar-refractivity contribution in [2.45, 2.75) is 57.3 Å². The van der Waals surface area contributed by atoms with Gasteiger partial charge < -0.3 is 14.8 Å². The number of rotatable bonds is 6. The van der Waals surface area contributed by atoms with Crippen molar-refractivity contribution in [2.24, 2.45) is 5.92 Å². The second kappa shape index (κ2) is 9.61. The molecule has 2 heterocycles. The number of hydrogen-bond donors (Lipinski definition) is 1. The monoisotopic (exact) mass is 442 g/mol. The van der Waals surface area contributed by atoms with Gasteiger partial charge in [0.2, 0.25) is 5.91 Å². The van der Waals surface area contributed by atoms with Crippen LogP contribution in [0.3, 0.4) is 0 Å². The number of carbonyl (C=O) groups is 2. The molecule has 3 atom stereocenters. The summed E-state index contributed by atoms with van der Waals surface area (Å²) in [4.78, 5) is 32.9. The lowest BCUT2D eigenvalue weighted by Gasteiger charge is -2.33. The minimum absolute atomic E-state index is 0.0225. The molecule has 0 radical (unpaired) electrons. The number of likely N-dealkylation sites (tertiary alicyclic amines) is 1. The normalized spacial score (nSPS) is 22.1. The Morgan fingerprint density at radius 1 is 0.970 bits per heavy atom. The SMILES string of the molecule is O=C(NCc1ccccc1Cn1ccnc1)C1CC2CCCCC2N1C(=O)c1ccccc1. The fourth-order valence-corrected chi connectivity index (χ4v) is 5.48. The quantitative estimate of drug-likeness (QED) is 0.627. The molecule has 0 spiro atoms. The maximum Gasteiger partial charge on any atom is 0.254 e. The molecule has 6 nitrogen and oxygen atoms in total. The average molecular weight is 443 g/mol. The van der Waals surface area contributed by atoms with Crippen LogP contribution in [0.15, 0.2) is 73.3 Å². The highest BCUT2D eigenvalue weighted by atomic mass is 16.2. The number of nitrogens with one attached hydrogen (secondary N) is 1. The summed E-state index contributed by atoms with van der Waals surface area (Å²) in [5.74, 6) is 0.340. The van der Waals surface area contributed by atoms with Gasteiger partial charge in [0.05, 0.1) is 6.33 Å². The average Bonchev–Trinajstić information content (AvgIpc) is 3.51. The van der Waals surface area contributed by atoms with Crippen LogP contribution in [0.25, 0.3) is 0 Å². The van der Waals surface area contributed by atoms with Gasteiger partial charge in [0.25, 0.3) is 5.91 Å². The van der Waals surface area contributed by atoms with E-state index in [1.54, 1.807) is 12.5 Å². The molecule has 33 heavy (non-hydrogen) atoms. The summed E-state index contributed by atoms with van der Waals surface area (Å²) < 4.78 is 2.02. The van der Waals surface area contributed by atoms with E-state index < -0.39 is 6.04 Å². The van der Waals surface area contributed by atoms with E-state index >= 15 is 0 Å². The van der Waals surface area contributed by atoms with E-state index in [0.717, 1.165) is 36.8 Å². The lowest BCUT2D eigenvalue weighted by Crippen LogP contribution is -2.49. The first-order chi connectivity index (χ1) is 16.2. The largest absolute Gasteiger partial charge is 0.350 e. The van der Waals surface area contributed by atoms with Gasteiger partial charge in [-0.3, -0.25) is 9.59 Å². The van der Waals surface area contributed by atoms with Crippen molar-refractivity contribution in [1.82, 2.24) is 19.8 Å². The predicted molar refractivity (Wildman–Crippen MR) is 126 cm³/mol. The van der Waals surface area contributed by atoms with Gasteiger partial charge in [0.1, 0.15) is 6.04 Å². The Balaban J connectivity index is 1.32. The zero-order valence-corrected chi connectivity index (χ0v) is 18.8. The lowest BCUT2D eigenvalue weighted by molar-refractivity contribution is -0.125. The summed E-state index contributed by atoms with van der Waals surface area (Å²) in [7, 11) is 0. The number of fused-ring (bicyclic) bond motifs is 1. The van der Waals surface area contributed by atoms with Crippen LogP contribution in [-0.2, 0) is 17.9 Å². The van der Waals surface area contributed by atoms with Gasteiger partial charge in [-0.2, -0.15) is 0 Å². The topological polar surface area (TPSA) is 67.2 Å². The third-order valence-corrected chi connectivity index (χ3v) is 7.13. The fraction of sp³-hybridized carbons (Fsp3) is 0.370. The summed E-state index contributed by atoms with van der Waals surface area (Å²) in [6, 6.07) is 17.3. The van der Waals surface area contributed by atoms with Crippen LogP contribution in [0.4, 0.5) is 0 Å². The number of aromatic nitrogens is 2. The van der Waals surface area contributed by atoms with Crippen molar-refractivity contribution in [1.29, 1.82) is 0 Å². The molecular weight excluding hydrogens is 412 g/mol. The van der Waals surface area contributed by atoms with Crippen molar-refractivity contribution in [3.63, 3.8) is 0 Å². The number of carbonyl (C=O) groups excluding carboxylic acids is 2. The minimum atomic E-state index is -0.411. The highest BCUT2D eigenvalue weighted by Crippen LogP contribution is 2.40. The molecule has 6 heteroatoms. The third-order valence-electron chi connectivity index (χ3n) is 7.13. The number of nitrogens with zero attached hydrogens (tertiary/aromatic N) is 3. The molecule has 0 bridgehead atoms. The van der Waals surface area contributed by atoms with Crippen molar-refractivity contribution >= 4 is 11.8 Å². The molecule has 1 aliphatic carbocycles. The van der Waals surface area contributed by atoms with Crippen LogP contribution >= 0.6 is 0 Å². The molecule has 1 saturated carbocycles. The van der Waals surface area contributed by atoms with E-state index in [1.807, 2.05) is 64.2 Å². The van der Waals surface area contributed by atoms with Crippen LogP contribution in [-0.4, -0.2) is 38.3 Å². The van der Waals surface area contributed by atoms with Crippen LogP contribution in [0, 0.1) is 5.92 Å². The summed E-state index contributed by atoms with van der Waals surface area (Å²) in [5.41, 5.74) is 2.89. The summed E-state index contributed by atoms with van der Waals surface area (Å²) in [6.45, 7) is 1.15. The molecule has 3 unspecified atom stereocenters. The van der Waals surface area contributed by atoms with Gasteiger partial charge in [-0.05, 0) is 48.4 Å². The number of hydrogen-bond acceptors (Lipinski definition) is 3. The predicted octanol–water partition coefficient (Wildman–Crippen LogP) is 4.02. The smallest absolute Gasteiger partial charge is 0.254 e. The van der Waals surface area contributed by atoms with Crippen LogP contribution in [0.2, 0.25) is 0 Å². The Kier molecular flexibility index (Phi) is 6.24. The van der Waals surface area contributed by atoms with E-state index in [-0.39, 0.29) is 17.9 Å². The Morgan fingerprint density at radius 2 is 1.73 bits per heavy atom. The Bertz CT molecular complexity index is 1100. The van der Waals surface area contributed by atoms with Gasteiger partial charge >= 0.3 is 0 Å². The first-order valence-electron chi connectivity index (χ1n) is 11.9. The summed E-state index contributed by atoms with van der Waals surface area (Å²) in [6.07, 6.45) is 10.6. The van der Waals surface area contributed by atoms with Crippen LogP contribution in [0.1, 0.15) is 53.6 Å². The van der Waals surface area contributed by atoms with E-state index in [0.29, 0.717) is 24.6 Å². The molecular formula is C27H30N4O2. The molecule has 2 fully saturated rings. The molecule has 170 valence electrons. The molecule has 2 amide bonds. The first-order valence-corrected chi connectivity index (χ1v) is 11.9. The van der Waals surface area contributed by atoms with Crippen molar-refractivity contribution in [3.8, 4) is 0 Å². The van der Waals surface area contributed by atoms with Crippen LogP contribution < -0.4 is 5.32 Å². The highest BCUT2D eigenvalue weighted by Gasteiger charge is 2.47. The summed E-state index contributed by atoms with van der Waals surface area (Å²) >= 11 is 0. The lowest BCUT2D eigenvalue weighted by atomic mass is 9.84. The molecule has 1 aromatic heterocycles. The molecule has 2 aromatic carbocycles. The standard InChI is InChI=1S/C27H30N4O2/c32-26(29-17-22-11-4-5-12-23(22)18-30-15-14-28-19-30)25-16-21-10-6-7-13-24(21)31(25)27(33)20-8-2-1-3-9-20/h1-5,8-9,11-12,14-15,19,21,24-25H,6-7,10,13,16-18H2,(H,29,32). The van der Waals surface area contributed by atoms with Gasteiger partial charge in [0.15, 0.2) is 0 Å². The van der Waals surface area contributed by atoms with Gasteiger partial charge in [-0.25, -0.2) is 4.98 Å². The minimum Gasteiger partial charge on any atom is -0.350 e. The maximum atomic E-state index is 13.5. The second-order valence-corrected chi connectivity index (χ2v) is 9.16. The van der Waals surface area contributed by atoms with Gasteiger partial charge in [-0.1, -0.05) is 55.3 Å². The molecule has 3 aromatic rings. The molecule has 1 saturated heterocycles. The molecule has 1 N–H and O–H groups in total. The van der Waals surface area contributed by atoms with Crippen LogP contribution in [0.5, 0.6) is 0 Å². The number of imidazole rings is 1. The first kappa shape index (κ1) is 21.4. The Labute approximate surface area is 194 Å². The van der Waals surface area contributed by atoms with Crippen molar-refractivity contribution in [3.05, 3.63) is 90.0 Å². The van der Waals surface area contributed by atoms with Gasteiger partial charge in [0, 0.05) is 37.1 Å². The Hall–Kier alpha value is -3.41. The molecule has 2 aliphatic rings. The number of benzene rings is 2. The van der Waals surface area contributed by atoms with E-state index in [4.69, 9.17) is 0 Å². The zero-order valence-electron chi connectivity index (χ0n) is 18.8. The Morgan fingerprint density at radius 3 is 2.52 bits per heavy atom.